The predicted molar refractivity (Wildman–Crippen MR) is 104 cm³/mol. The Hall–Kier alpha value is -2.60. The molecule has 1 N–H and O–H groups in total. The van der Waals surface area contributed by atoms with Gasteiger partial charge in [-0.05, 0) is 49.2 Å². The first-order chi connectivity index (χ1) is 12.2. The van der Waals surface area contributed by atoms with Crippen LogP contribution in [-0.2, 0) is 0 Å². The van der Waals surface area contributed by atoms with E-state index in [2.05, 4.69) is 22.4 Å². The highest BCUT2D eigenvalue weighted by atomic mass is 32.1. The van der Waals surface area contributed by atoms with E-state index in [1.165, 1.54) is 0 Å². The number of anilines is 1. The molecule has 3 aromatic rings. The summed E-state index contributed by atoms with van der Waals surface area (Å²) in [6.07, 6.45) is 2.83. The number of rotatable bonds is 7. The van der Waals surface area contributed by atoms with Gasteiger partial charge in [-0.3, -0.25) is 5.43 Å². The van der Waals surface area contributed by atoms with Crippen molar-refractivity contribution in [2.24, 2.45) is 5.10 Å². The number of ether oxygens (including phenoxy) is 2. The molecule has 1 atom stereocenters. The van der Waals surface area contributed by atoms with Crippen molar-refractivity contribution < 1.29 is 9.47 Å². The molecule has 0 saturated heterocycles. The quantitative estimate of drug-likeness (QED) is 0.482. The lowest BCUT2D eigenvalue weighted by atomic mass is 10.2. The number of thiazole rings is 1. The summed E-state index contributed by atoms with van der Waals surface area (Å²) in [6.45, 7) is 4.13. The van der Waals surface area contributed by atoms with Gasteiger partial charge in [-0.1, -0.05) is 30.4 Å². The fourth-order valence-electron chi connectivity index (χ4n) is 2.24. The van der Waals surface area contributed by atoms with Crippen LogP contribution in [0.25, 0.3) is 10.2 Å². The molecule has 0 saturated carbocycles. The molecule has 0 aliphatic heterocycles. The van der Waals surface area contributed by atoms with Gasteiger partial charge in [0.05, 0.1) is 29.6 Å². The number of benzene rings is 2. The normalized spacial score (nSPS) is 12.4. The third-order valence-corrected chi connectivity index (χ3v) is 4.70. The Kier molecular flexibility index (Phi) is 5.50. The van der Waals surface area contributed by atoms with Crippen LogP contribution in [-0.4, -0.2) is 24.4 Å². The summed E-state index contributed by atoms with van der Waals surface area (Å²) >= 11 is 1.57. The molecule has 0 aliphatic carbocycles. The molecule has 3 rings (SSSR count). The number of aromatic nitrogens is 1. The second-order valence-corrected chi connectivity index (χ2v) is 6.63. The maximum absolute atomic E-state index is 5.85. The summed E-state index contributed by atoms with van der Waals surface area (Å²) in [7, 11) is 1.64. The number of hydrogen-bond acceptors (Lipinski definition) is 6. The number of para-hydroxylation sites is 1. The van der Waals surface area contributed by atoms with Crippen LogP contribution in [0, 0.1) is 0 Å². The predicted octanol–water partition coefficient (Wildman–Crippen LogP) is 4.93. The topological polar surface area (TPSA) is 55.7 Å². The lowest BCUT2D eigenvalue weighted by Crippen LogP contribution is -2.10. The largest absolute Gasteiger partial charge is 0.493 e. The van der Waals surface area contributed by atoms with Gasteiger partial charge in [-0.15, -0.1) is 0 Å². The zero-order valence-electron chi connectivity index (χ0n) is 14.5. The first kappa shape index (κ1) is 17.2. The number of hydrazone groups is 1. The Morgan fingerprint density at radius 3 is 2.84 bits per heavy atom. The molecule has 1 unspecified atom stereocenters. The van der Waals surface area contributed by atoms with Crippen molar-refractivity contribution in [3.05, 3.63) is 48.0 Å². The van der Waals surface area contributed by atoms with E-state index in [1.807, 2.05) is 49.4 Å². The summed E-state index contributed by atoms with van der Waals surface area (Å²) < 4.78 is 12.4. The van der Waals surface area contributed by atoms with E-state index in [1.54, 1.807) is 24.7 Å². The van der Waals surface area contributed by atoms with Crippen LogP contribution < -0.4 is 14.9 Å². The van der Waals surface area contributed by atoms with Gasteiger partial charge in [0.2, 0.25) is 5.13 Å². The Morgan fingerprint density at radius 2 is 2.08 bits per heavy atom. The van der Waals surface area contributed by atoms with Gasteiger partial charge in [0.1, 0.15) is 0 Å². The molecular formula is C19H21N3O2S. The monoisotopic (exact) mass is 355 g/mol. The molecule has 2 aromatic carbocycles. The van der Waals surface area contributed by atoms with E-state index >= 15 is 0 Å². The van der Waals surface area contributed by atoms with Crippen LogP contribution >= 0.6 is 11.3 Å². The first-order valence-corrected chi connectivity index (χ1v) is 9.00. The van der Waals surface area contributed by atoms with Gasteiger partial charge in [-0.25, -0.2) is 4.98 Å². The van der Waals surface area contributed by atoms with Crippen LogP contribution in [0.2, 0.25) is 0 Å². The molecule has 5 nitrogen and oxygen atoms in total. The zero-order chi connectivity index (χ0) is 17.6. The van der Waals surface area contributed by atoms with Crippen molar-refractivity contribution in [2.45, 2.75) is 26.4 Å². The molecule has 0 radical (unpaired) electrons. The standard InChI is InChI=1S/C19H21N3O2S/c1-4-13(2)24-16-10-9-14(11-17(16)23-3)12-20-22-19-21-15-7-5-6-8-18(15)25-19/h5-13H,4H2,1-3H3,(H,21,22). The van der Waals surface area contributed by atoms with Crippen molar-refractivity contribution >= 4 is 32.9 Å². The van der Waals surface area contributed by atoms with E-state index in [-0.39, 0.29) is 6.10 Å². The van der Waals surface area contributed by atoms with Crippen molar-refractivity contribution in [3.8, 4) is 11.5 Å². The fourth-order valence-corrected chi connectivity index (χ4v) is 3.06. The molecule has 0 bridgehead atoms. The molecule has 0 amide bonds. The number of methoxy groups -OCH3 is 1. The SMILES string of the molecule is CCC(C)Oc1ccc(C=NNc2nc3ccccc3s2)cc1OC. The third kappa shape index (κ3) is 4.28. The summed E-state index contributed by atoms with van der Waals surface area (Å²) in [6, 6.07) is 13.8. The van der Waals surface area contributed by atoms with Crippen LogP contribution in [0.3, 0.4) is 0 Å². The van der Waals surface area contributed by atoms with E-state index in [0.717, 1.165) is 33.1 Å². The van der Waals surface area contributed by atoms with E-state index in [9.17, 15) is 0 Å². The molecule has 0 fully saturated rings. The van der Waals surface area contributed by atoms with Crippen LogP contribution in [0.5, 0.6) is 11.5 Å². The Morgan fingerprint density at radius 1 is 1.24 bits per heavy atom. The number of nitrogens with one attached hydrogen (secondary N) is 1. The van der Waals surface area contributed by atoms with Crippen LogP contribution in [0.1, 0.15) is 25.8 Å². The molecule has 25 heavy (non-hydrogen) atoms. The van der Waals surface area contributed by atoms with E-state index in [4.69, 9.17) is 9.47 Å². The van der Waals surface area contributed by atoms with Gasteiger partial charge in [0, 0.05) is 0 Å². The van der Waals surface area contributed by atoms with Crippen molar-refractivity contribution in [1.29, 1.82) is 0 Å². The molecule has 0 aliphatic rings. The summed E-state index contributed by atoms with van der Waals surface area (Å²) in [5.41, 5.74) is 4.87. The zero-order valence-corrected chi connectivity index (χ0v) is 15.3. The minimum atomic E-state index is 0.147. The van der Waals surface area contributed by atoms with Crippen molar-refractivity contribution in [1.82, 2.24) is 4.98 Å². The maximum atomic E-state index is 5.85. The van der Waals surface area contributed by atoms with Crippen molar-refractivity contribution in [2.75, 3.05) is 12.5 Å². The van der Waals surface area contributed by atoms with Crippen molar-refractivity contribution in [3.63, 3.8) is 0 Å². The van der Waals surface area contributed by atoms with Crippen LogP contribution in [0.15, 0.2) is 47.6 Å². The number of fused-ring (bicyclic) bond motifs is 1. The van der Waals surface area contributed by atoms with Gasteiger partial charge < -0.3 is 9.47 Å². The highest BCUT2D eigenvalue weighted by molar-refractivity contribution is 7.22. The van der Waals surface area contributed by atoms with E-state index < -0.39 is 0 Å². The molecule has 1 aromatic heterocycles. The highest BCUT2D eigenvalue weighted by Gasteiger charge is 2.08. The minimum Gasteiger partial charge on any atom is -0.493 e. The lowest BCUT2D eigenvalue weighted by molar-refractivity contribution is 0.207. The summed E-state index contributed by atoms with van der Waals surface area (Å²) in [5.74, 6) is 1.44. The minimum absolute atomic E-state index is 0.147. The number of hydrogen-bond donors (Lipinski definition) is 1. The smallest absolute Gasteiger partial charge is 0.204 e. The maximum Gasteiger partial charge on any atom is 0.204 e. The molecule has 130 valence electrons. The summed E-state index contributed by atoms with van der Waals surface area (Å²) in [5, 5.41) is 5.03. The van der Waals surface area contributed by atoms with E-state index in [0.29, 0.717) is 5.75 Å². The van der Waals surface area contributed by atoms with Gasteiger partial charge in [0.25, 0.3) is 0 Å². The lowest BCUT2D eigenvalue weighted by Gasteiger charge is -2.15. The summed E-state index contributed by atoms with van der Waals surface area (Å²) in [4.78, 5) is 4.48. The fraction of sp³-hybridized carbons (Fsp3) is 0.263. The molecular weight excluding hydrogens is 334 g/mol. The second-order valence-electron chi connectivity index (χ2n) is 5.60. The second kappa shape index (κ2) is 7.98. The molecule has 1 heterocycles. The average molecular weight is 355 g/mol. The Labute approximate surface area is 151 Å². The number of nitrogens with zero attached hydrogens (tertiary/aromatic N) is 2. The van der Waals surface area contributed by atoms with Crippen LogP contribution in [0.4, 0.5) is 5.13 Å². The molecule has 6 heteroatoms. The Bertz CT molecular complexity index is 843. The molecule has 0 spiro atoms. The van der Waals surface area contributed by atoms with Gasteiger partial charge in [0.15, 0.2) is 11.5 Å². The average Bonchev–Trinajstić information content (AvgIpc) is 3.05. The first-order valence-electron chi connectivity index (χ1n) is 8.19. The van der Waals surface area contributed by atoms with Gasteiger partial charge >= 0.3 is 0 Å². The third-order valence-electron chi connectivity index (χ3n) is 3.76. The highest BCUT2D eigenvalue weighted by Crippen LogP contribution is 2.29. The Balaban J connectivity index is 1.70. The van der Waals surface area contributed by atoms with Gasteiger partial charge in [-0.2, -0.15) is 5.10 Å².